The van der Waals surface area contributed by atoms with E-state index >= 15 is 0 Å². The first-order valence-corrected chi connectivity index (χ1v) is 8.14. The molecule has 0 aromatic carbocycles. The van der Waals surface area contributed by atoms with E-state index in [-0.39, 0.29) is 5.56 Å². The average Bonchev–Trinajstić information content (AvgIpc) is 2.49. The maximum atomic E-state index is 12.1. The number of rotatable bonds is 10. The van der Waals surface area contributed by atoms with Crippen molar-refractivity contribution in [3.63, 3.8) is 0 Å². The van der Waals surface area contributed by atoms with Crippen LogP contribution in [0.25, 0.3) is 0 Å². The van der Waals surface area contributed by atoms with Crippen molar-refractivity contribution in [1.29, 1.82) is 0 Å². The Morgan fingerprint density at radius 3 is 2.81 bits per heavy atom. The van der Waals surface area contributed by atoms with Gasteiger partial charge in [-0.05, 0) is 35.4 Å². The van der Waals surface area contributed by atoms with Crippen LogP contribution in [0.1, 0.15) is 20.3 Å². The third kappa shape index (κ3) is 5.76. The molecule has 0 radical (unpaired) electrons. The summed E-state index contributed by atoms with van der Waals surface area (Å²) in [7, 11) is 1.60. The second kappa shape index (κ2) is 9.92. The van der Waals surface area contributed by atoms with E-state index in [0.717, 1.165) is 38.3 Å². The number of hydrogen-bond donors (Lipinski definition) is 1. The fourth-order valence-electron chi connectivity index (χ4n) is 2.02. The largest absolute Gasteiger partial charge is 0.383 e. The van der Waals surface area contributed by atoms with Crippen molar-refractivity contribution in [1.82, 2.24) is 14.7 Å². The summed E-state index contributed by atoms with van der Waals surface area (Å²) < 4.78 is 6.88. The highest BCUT2D eigenvalue weighted by molar-refractivity contribution is 9.10. The van der Waals surface area contributed by atoms with E-state index in [1.165, 1.54) is 4.68 Å². The third-order valence-corrected chi connectivity index (χ3v) is 3.99. The van der Waals surface area contributed by atoms with E-state index in [1.54, 1.807) is 13.3 Å². The van der Waals surface area contributed by atoms with E-state index in [1.807, 2.05) is 0 Å². The predicted octanol–water partition coefficient (Wildman–Crippen LogP) is 1.80. The zero-order valence-electron chi connectivity index (χ0n) is 13.1. The molecule has 1 N–H and O–H groups in total. The highest BCUT2D eigenvalue weighted by atomic mass is 79.9. The van der Waals surface area contributed by atoms with Gasteiger partial charge < -0.3 is 15.0 Å². The molecule has 1 aromatic heterocycles. The first-order chi connectivity index (χ1) is 10.1. The topological polar surface area (TPSA) is 59.4 Å². The van der Waals surface area contributed by atoms with Crippen LogP contribution >= 0.6 is 15.9 Å². The van der Waals surface area contributed by atoms with Crippen molar-refractivity contribution in [3.8, 4) is 0 Å². The zero-order chi connectivity index (χ0) is 15.7. The van der Waals surface area contributed by atoms with Crippen LogP contribution in [0, 0.1) is 0 Å². The maximum absolute atomic E-state index is 12.1. The second-order valence-corrected chi connectivity index (χ2v) is 5.55. The third-order valence-electron chi connectivity index (χ3n) is 3.22. The quantitative estimate of drug-likeness (QED) is 0.689. The molecule has 21 heavy (non-hydrogen) atoms. The number of nitrogens with zero attached hydrogens (tertiary/aromatic N) is 3. The van der Waals surface area contributed by atoms with Crippen LogP contribution in [0.2, 0.25) is 0 Å². The number of hydrogen-bond acceptors (Lipinski definition) is 5. The highest BCUT2D eigenvalue weighted by Gasteiger charge is 2.09. The van der Waals surface area contributed by atoms with Gasteiger partial charge in [-0.25, -0.2) is 4.68 Å². The lowest BCUT2D eigenvalue weighted by Crippen LogP contribution is -2.30. The molecule has 0 aliphatic heterocycles. The molecule has 0 saturated heterocycles. The van der Waals surface area contributed by atoms with Crippen LogP contribution in [0.5, 0.6) is 0 Å². The molecule has 1 heterocycles. The zero-order valence-corrected chi connectivity index (χ0v) is 14.6. The molecule has 6 nitrogen and oxygen atoms in total. The van der Waals surface area contributed by atoms with E-state index in [9.17, 15) is 4.79 Å². The Morgan fingerprint density at radius 2 is 2.19 bits per heavy atom. The number of aromatic nitrogens is 2. The molecule has 0 atom stereocenters. The Bertz CT molecular complexity index is 479. The molecule has 1 aromatic rings. The van der Waals surface area contributed by atoms with Gasteiger partial charge in [-0.2, -0.15) is 5.10 Å². The normalized spacial score (nSPS) is 11.1. The lowest BCUT2D eigenvalue weighted by molar-refractivity contribution is 0.181. The van der Waals surface area contributed by atoms with Gasteiger partial charge in [0.2, 0.25) is 0 Å². The molecular weight excluding hydrogens is 336 g/mol. The summed E-state index contributed by atoms with van der Waals surface area (Å²) in [5.74, 6) is 0. The van der Waals surface area contributed by atoms with Gasteiger partial charge in [0.1, 0.15) is 4.47 Å². The molecule has 1 rings (SSSR count). The maximum Gasteiger partial charge on any atom is 0.283 e. The van der Waals surface area contributed by atoms with Gasteiger partial charge in [-0.15, -0.1) is 0 Å². The predicted molar refractivity (Wildman–Crippen MR) is 89.0 cm³/mol. The van der Waals surface area contributed by atoms with Crippen LogP contribution in [0.3, 0.4) is 0 Å². The number of ether oxygens (including phenoxy) is 1. The average molecular weight is 361 g/mol. The fraction of sp³-hybridized carbons (Fsp3) is 0.714. The summed E-state index contributed by atoms with van der Waals surface area (Å²) in [5.41, 5.74) is 0.596. The van der Waals surface area contributed by atoms with Crippen molar-refractivity contribution < 1.29 is 4.74 Å². The van der Waals surface area contributed by atoms with Gasteiger partial charge in [-0.3, -0.25) is 4.79 Å². The second-order valence-electron chi connectivity index (χ2n) is 4.75. The summed E-state index contributed by atoms with van der Waals surface area (Å²) in [4.78, 5) is 14.5. The van der Waals surface area contributed by atoms with E-state index < -0.39 is 0 Å². The molecule has 120 valence electrons. The smallest absolute Gasteiger partial charge is 0.283 e. The van der Waals surface area contributed by atoms with Crippen LogP contribution in [-0.4, -0.2) is 54.6 Å². The van der Waals surface area contributed by atoms with Crippen LogP contribution < -0.4 is 10.9 Å². The number of likely N-dealkylation sites (N-methyl/N-ethyl adjacent to an activating group) is 1. The lowest BCUT2D eigenvalue weighted by Gasteiger charge is -2.20. The Labute approximate surface area is 134 Å². The molecule has 0 saturated carbocycles. The van der Waals surface area contributed by atoms with Crippen LogP contribution in [-0.2, 0) is 11.3 Å². The number of methoxy groups -OCH3 is 1. The van der Waals surface area contributed by atoms with Crippen molar-refractivity contribution >= 4 is 21.6 Å². The lowest BCUT2D eigenvalue weighted by atomic mass is 10.4. The first kappa shape index (κ1) is 18.1. The monoisotopic (exact) mass is 360 g/mol. The SMILES string of the molecule is CCCN(CC)CCNc1cnn(CCOC)c(=O)c1Br. The summed E-state index contributed by atoms with van der Waals surface area (Å²) >= 11 is 3.35. The Hall–Kier alpha value is -0.920. The number of nitrogens with one attached hydrogen (secondary N) is 1. The highest BCUT2D eigenvalue weighted by Crippen LogP contribution is 2.15. The summed E-state index contributed by atoms with van der Waals surface area (Å²) in [6.07, 6.45) is 2.83. The minimum atomic E-state index is -0.141. The molecule has 0 amide bonds. The Balaban J connectivity index is 2.60. The summed E-state index contributed by atoms with van der Waals surface area (Å²) in [6.45, 7) is 9.12. The molecule has 0 aliphatic carbocycles. The Kier molecular flexibility index (Phi) is 8.56. The van der Waals surface area contributed by atoms with E-state index in [4.69, 9.17) is 4.74 Å². The van der Waals surface area contributed by atoms with E-state index in [0.29, 0.717) is 17.6 Å². The number of halogens is 1. The van der Waals surface area contributed by atoms with Crippen molar-refractivity contribution in [2.45, 2.75) is 26.8 Å². The van der Waals surface area contributed by atoms with Gasteiger partial charge in [0, 0.05) is 20.2 Å². The van der Waals surface area contributed by atoms with E-state index in [2.05, 4.69) is 45.1 Å². The van der Waals surface area contributed by atoms with Gasteiger partial charge in [0.15, 0.2) is 0 Å². The number of anilines is 1. The molecule has 7 heteroatoms. The minimum Gasteiger partial charge on any atom is -0.383 e. The van der Waals surface area contributed by atoms with Gasteiger partial charge in [0.05, 0.1) is 25.0 Å². The van der Waals surface area contributed by atoms with Crippen molar-refractivity contribution in [3.05, 3.63) is 21.0 Å². The fourth-order valence-corrected chi connectivity index (χ4v) is 2.47. The molecular formula is C14H25BrN4O2. The van der Waals surface area contributed by atoms with Gasteiger partial charge in [-0.1, -0.05) is 13.8 Å². The molecule has 0 aliphatic rings. The Morgan fingerprint density at radius 1 is 1.43 bits per heavy atom. The first-order valence-electron chi connectivity index (χ1n) is 7.34. The summed E-state index contributed by atoms with van der Waals surface area (Å²) in [5, 5.41) is 7.41. The molecule has 0 unspecified atom stereocenters. The van der Waals surface area contributed by atoms with Crippen molar-refractivity contribution in [2.24, 2.45) is 0 Å². The molecule has 0 spiro atoms. The molecule has 0 fully saturated rings. The van der Waals surface area contributed by atoms with Crippen LogP contribution in [0.15, 0.2) is 15.5 Å². The summed E-state index contributed by atoms with van der Waals surface area (Å²) in [6, 6.07) is 0. The van der Waals surface area contributed by atoms with Crippen molar-refractivity contribution in [2.75, 3.05) is 45.2 Å². The molecule has 0 bridgehead atoms. The minimum absolute atomic E-state index is 0.141. The standard InChI is InChI=1S/C14H25BrN4O2/c1-4-7-18(5-2)8-6-16-12-11-17-19(9-10-21-3)14(20)13(12)15/h11,16H,4-10H2,1-3H3. The van der Waals surface area contributed by atoms with Gasteiger partial charge in [0.25, 0.3) is 5.56 Å². The van der Waals surface area contributed by atoms with Gasteiger partial charge >= 0.3 is 0 Å². The van der Waals surface area contributed by atoms with Crippen LogP contribution in [0.4, 0.5) is 5.69 Å².